The van der Waals surface area contributed by atoms with E-state index in [9.17, 15) is 14.7 Å². The van der Waals surface area contributed by atoms with E-state index in [0.717, 1.165) is 12.8 Å². The molecule has 0 heterocycles. The van der Waals surface area contributed by atoms with Crippen molar-refractivity contribution in [3.63, 3.8) is 0 Å². The van der Waals surface area contributed by atoms with E-state index in [-0.39, 0.29) is 5.92 Å². The van der Waals surface area contributed by atoms with Crippen LogP contribution in [0.5, 0.6) is 0 Å². The topological polar surface area (TPSA) is 74.6 Å². The van der Waals surface area contributed by atoms with E-state index in [1.54, 1.807) is 0 Å². The molecule has 6 unspecified atom stereocenters. The minimum absolute atomic E-state index is 0.150. The molecule has 0 amide bonds. The van der Waals surface area contributed by atoms with E-state index in [2.05, 4.69) is 0 Å². The summed E-state index contributed by atoms with van der Waals surface area (Å²) in [6, 6.07) is 0. The van der Waals surface area contributed by atoms with Gasteiger partial charge in [-0.3, -0.25) is 9.59 Å². The first-order valence-electron chi connectivity index (χ1n) is 6.05. The van der Waals surface area contributed by atoms with Gasteiger partial charge in [-0.1, -0.05) is 0 Å². The maximum Gasteiger partial charge on any atom is 0.307 e. The van der Waals surface area contributed by atoms with Crippen LogP contribution < -0.4 is 0 Å². The van der Waals surface area contributed by atoms with Gasteiger partial charge in [-0.25, -0.2) is 0 Å². The summed E-state index contributed by atoms with van der Waals surface area (Å²) in [5, 5.41) is 18.4. The Kier molecular flexibility index (Phi) is 2.03. The summed E-state index contributed by atoms with van der Waals surface area (Å²) in [5.41, 5.74) is 0. The van der Waals surface area contributed by atoms with Crippen LogP contribution in [0.1, 0.15) is 25.7 Å². The van der Waals surface area contributed by atoms with Gasteiger partial charge in [0.15, 0.2) is 0 Å². The Bertz CT molecular complexity index is 351. The monoisotopic (exact) mass is 224 g/mol. The lowest BCUT2D eigenvalue weighted by Crippen LogP contribution is -2.32. The number of aliphatic carboxylic acids is 2. The van der Waals surface area contributed by atoms with Crippen LogP contribution in [0.2, 0.25) is 0 Å². The highest BCUT2D eigenvalue weighted by Gasteiger charge is 2.60. The molecular formula is C12H16O4. The normalized spacial score (nSPS) is 49.2. The van der Waals surface area contributed by atoms with Gasteiger partial charge in [-0.15, -0.1) is 0 Å². The van der Waals surface area contributed by atoms with Gasteiger partial charge in [-0.2, -0.15) is 0 Å². The van der Waals surface area contributed by atoms with Crippen molar-refractivity contribution in [1.82, 2.24) is 0 Å². The van der Waals surface area contributed by atoms with Crippen molar-refractivity contribution < 1.29 is 19.8 Å². The number of hydrogen-bond acceptors (Lipinski definition) is 2. The SMILES string of the molecule is O=C(O)C1CC2C3CCC(C3)C2C1C(=O)O. The maximum absolute atomic E-state index is 11.3. The zero-order valence-electron chi connectivity index (χ0n) is 9.00. The molecular weight excluding hydrogens is 208 g/mol. The molecule has 4 heteroatoms. The largest absolute Gasteiger partial charge is 0.481 e. The van der Waals surface area contributed by atoms with Crippen molar-refractivity contribution in [3.05, 3.63) is 0 Å². The number of rotatable bonds is 2. The van der Waals surface area contributed by atoms with E-state index in [0.29, 0.717) is 24.2 Å². The molecule has 0 radical (unpaired) electrons. The predicted octanol–water partition coefficient (Wildman–Crippen LogP) is 1.45. The van der Waals surface area contributed by atoms with Crippen LogP contribution in [0.4, 0.5) is 0 Å². The average molecular weight is 224 g/mol. The second kappa shape index (κ2) is 3.22. The first kappa shape index (κ1) is 10.1. The Morgan fingerprint density at radius 1 is 0.938 bits per heavy atom. The Balaban J connectivity index is 1.93. The maximum atomic E-state index is 11.3. The van der Waals surface area contributed by atoms with Crippen LogP contribution in [0.25, 0.3) is 0 Å². The van der Waals surface area contributed by atoms with Crippen molar-refractivity contribution >= 4 is 11.9 Å². The average Bonchev–Trinajstić information content (AvgIpc) is 2.87. The molecule has 0 aromatic carbocycles. The fourth-order valence-corrected chi connectivity index (χ4v) is 4.66. The molecule has 3 aliphatic carbocycles. The highest BCUT2D eigenvalue weighted by molar-refractivity contribution is 5.81. The second-order valence-corrected chi connectivity index (χ2v) is 5.62. The molecule has 2 N–H and O–H groups in total. The number of carbonyl (C=O) groups is 2. The fraction of sp³-hybridized carbons (Fsp3) is 0.833. The Labute approximate surface area is 93.6 Å². The lowest BCUT2D eigenvalue weighted by Gasteiger charge is -2.27. The highest BCUT2D eigenvalue weighted by Crippen LogP contribution is 2.62. The standard InChI is InChI=1S/C12H16O4/c13-11(14)8-4-7-5-1-2-6(3-5)9(7)10(8)12(15)16/h5-10H,1-4H2,(H,13,14)(H,15,16). The summed E-state index contributed by atoms with van der Waals surface area (Å²) in [4.78, 5) is 22.4. The zero-order valence-corrected chi connectivity index (χ0v) is 9.00. The van der Waals surface area contributed by atoms with Gasteiger partial charge < -0.3 is 10.2 Å². The molecule has 0 aliphatic heterocycles. The third-order valence-electron chi connectivity index (χ3n) is 5.13. The molecule has 2 bridgehead atoms. The molecule has 0 aromatic heterocycles. The molecule has 16 heavy (non-hydrogen) atoms. The molecule has 88 valence electrons. The molecule has 0 spiro atoms. The van der Waals surface area contributed by atoms with Crippen molar-refractivity contribution in [3.8, 4) is 0 Å². The summed E-state index contributed by atoms with van der Waals surface area (Å²) < 4.78 is 0. The molecule has 4 nitrogen and oxygen atoms in total. The Morgan fingerprint density at radius 3 is 2.25 bits per heavy atom. The fourth-order valence-electron chi connectivity index (χ4n) is 4.66. The minimum atomic E-state index is -0.916. The summed E-state index contributed by atoms with van der Waals surface area (Å²) in [6.45, 7) is 0. The molecule has 0 saturated heterocycles. The first-order chi connectivity index (χ1) is 7.59. The third kappa shape index (κ3) is 1.16. The predicted molar refractivity (Wildman–Crippen MR) is 54.7 cm³/mol. The molecule has 6 atom stereocenters. The van der Waals surface area contributed by atoms with Crippen molar-refractivity contribution in [1.29, 1.82) is 0 Å². The highest BCUT2D eigenvalue weighted by atomic mass is 16.4. The molecule has 3 rings (SSSR count). The van der Waals surface area contributed by atoms with Gasteiger partial charge in [-0.05, 0) is 49.4 Å². The van der Waals surface area contributed by atoms with E-state index in [1.165, 1.54) is 6.42 Å². The molecule has 3 fully saturated rings. The van der Waals surface area contributed by atoms with Crippen LogP contribution in [0.3, 0.4) is 0 Å². The lowest BCUT2D eigenvalue weighted by atomic mass is 9.77. The summed E-state index contributed by atoms with van der Waals surface area (Å²) in [7, 11) is 0. The smallest absolute Gasteiger partial charge is 0.307 e. The van der Waals surface area contributed by atoms with E-state index in [1.807, 2.05) is 0 Å². The zero-order chi connectivity index (χ0) is 11.4. The number of hydrogen-bond donors (Lipinski definition) is 2. The number of carboxylic acid groups (broad SMARTS) is 2. The van der Waals surface area contributed by atoms with Crippen LogP contribution in [0, 0.1) is 35.5 Å². The van der Waals surface area contributed by atoms with Crippen LogP contribution in [-0.2, 0) is 9.59 Å². The quantitative estimate of drug-likeness (QED) is 0.744. The summed E-state index contributed by atoms with van der Waals surface area (Å²) in [6.07, 6.45) is 4.04. The molecule has 3 aliphatic rings. The third-order valence-corrected chi connectivity index (χ3v) is 5.13. The molecule has 3 saturated carbocycles. The second-order valence-electron chi connectivity index (χ2n) is 5.62. The van der Waals surface area contributed by atoms with Gasteiger partial charge in [0, 0.05) is 0 Å². The van der Waals surface area contributed by atoms with Crippen molar-refractivity contribution in [2.75, 3.05) is 0 Å². The number of carboxylic acids is 2. The van der Waals surface area contributed by atoms with Gasteiger partial charge in [0.25, 0.3) is 0 Å². The van der Waals surface area contributed by atoms with Crippen LogP contribution in [0.15, 0.2) is 0 Å². The van der Waals surface area contributed by atoms with E-state index < -0.39 is 23.8 Å². The van der Waals surface area contributed by atoms with Gasteiger partial charge >= 0.3 is 11.9 Å². The van der Waals surface area contributed by atoms with Crippen LogP contribution in [-0.4, -0.2) is 22.2 Å². The van der Waals surface area contributed by atoms with E-state index >= 15 is 0 Å². The van der Waals surface area contributed by atoms with Gasteiger partial charge in [0.2, 0.25) is 0 Å². The lowest BCUT2D eigenvalue weighted by molar-refractivity contribution is -0.154. The van der Waals surface area contributed by atoms with E-state index in [4.69, 9.17) is 5.11 Å². The van der Waals surface area contributed by atoms with Crippen molar-refractivity contribution in [2.24, 2.45) is 35.5 Å². The van der Waals surface area contributed by atoms with Crippen molar-refractivity contribution in [2.45, 2.75) is 25.7 Å². The minimum Gasteiger partial charge on any atom is -0.481 e. The summed E-state index contributed by atoms with van der Waals surface area (Å²) in [5.74, 6) is -1.46. The van der Waals surface area contributed by atoms with Gasteiger partial charge in [0.05, 0.1) is 11.8 Å². The Hall–Kier alpha value is -1.06. The summed E-state index contributed by atoms with van der Waals surface area (Å²) >= 11 is 0. The van der Waals surface area contributed by atoms with Crippen LogP contribution >= 0.6 is 0 Å². The molecule has 0 aromatic rings. The first-order valence-corrected chi connectivity index (χ1v) is 6.05. The number of fused-ring (bicyclic) bond motifs is 5. The Morgan fingerprint density at radius 2 is 1.62 bits per heavy atom. The van der Waals surface area contributed by atoms with Gasteiger partial charge in [0.1, 0.15) is 0 Å².